The minimum Gasteiger partial charge on any atom is -0.332 e. The van der Waals surface area contributed by atoms with Crippen LogP contribution in [-0.4, -0.2) is 11.0 Å². The van der Waals surface area contributed by atoms with E-state index in [-0.39, 0.29) is 16.5 Å². The molecule has 0 fully saturated rings. The number of benzene rings is 2. The monoisotopic (exact) mass is 292 g/mol. The van der Waals surface area contributed by atoms with E-state index in [1.54, 1.807) is 0 Å². The summed E-state index contributed by atoms with van der Waals surface area (Å²) in [5, 5.41) is 5.26. The zero-order chi connectivity index (χ0) is 14.5. The number of thiocarbonyl (C=S) groups is 1. The van der Waals surface area contributed by atoms with Crippen molar-refractivity contribution >= 4 is 28.9 Å². The van der Waals surface area contributed by atoms with Gasteiger partial charge in [0.05, 0.1) is 0 Å². The van der Waals surface area contributed by atoms with Gasteiger partial charge >= 0.3 is 0 Å². The standard InChI is InChI=1S/C14H10F2N2OS/c15-10-3-1-9(2-4-10)13(19)18-14(20)17-12-7-5-11(16)6-8-12/h1-8H,(H2,17,18,19,20). The predicted octanol–water partition coefficient (Wildman–Crippen LogP) is 3.09. The molecule has 0 bridgehead atoms. The Balaban J connectivity index is 1.95. The molecule has 0 radical (unpaired) electrons. The van der Waals surface area contributed by atoms with Gasteiger partial charge < -0.3 is 5.32 Å². The maximum absolute atomic E-state index is 12.7. The Morgan fingerprint density at radius 2 is 1.40 bits per heavy atom. The van der Waals surface area contributed by atoms with Crippen molar-refractivity contribution in [3.8, 4) is 0 Å². The number of hydrogen-bond donors (Lipinski definition) is 2. The molecule has 2 rings (SSSR count). The average Bonchev–Trinajstić information content (AvgIpc) is 2.42. The van der Waals surface area contributed by atoms with E-state index in [0.29, 0.717) is 5.69 Å². The maximum atomic E-state index is 12.7. The number of hydrogen-bond acceptors (Lipinski definition) is 2. The Labute approximate surface area is 119 Å². The van der Waals surface area contributed by atoms with Gasteiger partial charge in [0.2, 0.25) is 0 Å². The molecule has 3 nitrogen and oxygen atoms in total. The van der Waals surface area contributed by atoms with E-state index in [1.807, 2.05) is 0 Å². The lowest BCUT2D eigenvalue weighted by atomic mass is 10.2. The molecule has 0 aliphatic carbocycles. The van der Waals surface area contributed by atoms with Gasteiger partial charge in [0, 0.05) is 11.3 Å². The Kier molecular flexibility index (Phi) is 4.37. The molecule has 6 heteroatoms. The van der Waals surface area contributed by atoms with Crippen molar-refractivity contribution in [2.24, 2.45) is 0 Å². The number of halogens is 2. The smallest absolute Gasteiger partial charge is 0.257 e. The molecular weight excluding hydrogens is 282 g/mol. The highest BCUT2D eigenvalue weighted by molar-refractivity contribution is 7.80. The lowest BCUT2D eigenvalue weighted by Crippen LogP contribution is -2.34. The van der Waals surface area contributed by atoms with Crippen molar-refractivity contribution in [1.29, 1.82) is 0 Å². The van der Waals surface area contributed by atoms with Gasteiger partial charge in [-0.05, 0) is 60.7 Å². The van der Waals surface area contributed by atoms with E-state index in [1.165, 1.54) is 48.5 Å². The summed E-state index contributed by atoms with van der Waals surface area (Å²) in [5.41, 5.74) is 0.838. The van der Waals surface area contributed by atoms with Crippen molar-refractivity contribution in [2.75, 3.05) is 5.32 Å². The highest BCUT2D eigenvalue weighted by Crippen LogP contribution is 2.08. The van der Waals surface area contributed by atoms with Crippen LogP contribution in [-0.2, 0) is 0 Å². The fourth-order valence-corrected chi connectivity index (χ4v) is 1.68. The average molecular weight is 292 g/mol. The third kappa shape index (κ3) is 3.83. The SMILES string of the molecule is O=C(NC(=S)Nc1ccc(F)cc1)c1ccc(F)cc1. The van der Waals surface area contributed by atoms with E-state index in [2.05, 4.69) is 10.6 Å². The van der Waals surface area contributed by atoms with Crippen molar-refractivity contribution < 1.29 is 13.6 Å². The Bertz CT molecular complexity index is 627. The molecule has 0 aliphatic heterocycles. The van der Waals surface area contributed by atoms with Crippen LogP contribution in [0.1, 0.15) is 10.4 Å². The Morgan fingerprint density at radius 3 is 1.95 bits per heavy atom. The van der Waals surface area contributed by atoms with Crippen molar-refractivity contribution in [2.45, 2.75) is 0 Å². The quantitative estimate of drug-likeness (QED) is 0.836. The molecule has 0 saturated carbocycles. The van der Waals surface area contributed by atoms with Crippen molar-refractivity contribution in [1.82, 2.24) is 5.32 Å². The first-order valence-corrected chi connectivity index (χ1v) is 6.09. The lowest BCUT2D eigenvalue weighted by molar-refractivity contribution is 0.0977. The number of carbonyl (C=O) groups is 1. The minimum atomic E-state index is -0.454. The summed E-state index contributed by atoms with van der Waals surface area (Å²) in [4.78, 5) is 11.8. The molecule has 0 heterocycles. The van der Waals surface area contributed by atoms with Crippen LogP contribution in [0.25, 0.3) is 0 Å². The zero-order valence-electron chi connectivity index (χ0n) is 10.2. The fourth-order valence-electron chi connectivity index (χ4n) is 1.47. The van der Waals surface area contributed by atoms with Gasteiger partial charge in [0.25, 0.3) is 5.91 Å². The molecule has 2 N–H and O–H groups in total. The van der Waals surface area contributed by atoms with Gasteiger partial charge in [-0.25, -0.2) is 8.78 Å². The summed E-state index contributed by atoms with van der Waals surface area (Å²) in [6, 6.07) is 10.6. The van der Waals surface area contributed by atoms with Crippen LogP contribution in [0.2, 0.25) is 0 Å². The van der Waals surface area contributed by atoms with Gasteiger partial charge in [0.15, 0.2) is 5.11 Å². The minimum absolute atomic E-state index is 0.0749. The summed E-state index contributed by atoms with van der Waals surface area (Å²) in [7, 11) is 0. The van der Waals surface area contributed by atoms with E-state index in [9.17, 15) is 13.6 Å². The lowest BCUT2D eigenvalue weighted by Gasteiger charge is -2.09. The summed E-state index contributed by atoms with van der Waals surface area (Å²) in [5.74, 6) is -1.24. The number of nitrogens with one attached hydrogen (secondary N) is 2. The molecule has 1 amide bonds. The molecular formula is C14H10F2N2OS. The van der Waals surface area contributed by atoms with Crippen LogP contribution in [0, 0.1) is 11.6 Å². The number of carbonyl (C=O) groups excluding carboxylic acids is 1. The van der Waals surface area contributed by atoms with E-state index >= 15 is 0 Å². The topological polar surface area (TPSA) is 41.1 Å². The molecule has 0 aromatic heterocycles. The molecule has 20 heavy (non-hydrogen) atoms. The third-order valence-corrected chi connectivity index (χ3v) is 2.64. The van der Waals surface area contributed by atoms with Gasteiger partial charge in [-0.2, -0.15) is 0 Å². The number of amides is 1. The van der Waals surface area contributed by atoms with E-state index in [4.69, 9.17) is 12.2 Å². The normalized spacial score (nSPS) is 9.90. The van der Waals surface area contributed by atoms with Gasteiger partial charge in [-0.1, -0.05) is 0 Å². The van der Waals surface area contributed by atoms with Crippen LogP contribution < -0.4 is 10.6 Å². The maximum Gasteiger partial charge on any atom is 0.257 e. The second kappa shape index (κ2) is 6.21. The first kappa shape index (κ1) is 14.1. The Hall–Kier alpha value is -2.34. The van der Waals surface area contributed by atoms with Crippen LogP contribution in [0.4, 0.5) is 14.5 Å². The Morgan fingerprint density at radius 1 is 0.900 bits per heavy atom. The molecule has 102 valence electrons. The third-order valence-electron chi connectivity index (χ3n) is 2.44. The molecule has 0 unspecified atom stereocenters. The highest BCUT2D eigenvalue weighted by atomic mass is 32.1. The van der Waals surface area contributed by atoms with E-state index < -0.39 is 11.7 Å². The molecule has 0 atom stereocenters. The van der Waals surface area contributed by atoms with Crippen LogP contribution in [0.5, 0.6) is 0 Å². The van der Waals surface area contributed by atoms with Crippen LogP contribution in [0.3, 0.4) is 0 Å². The number of rotatable bonds is 2. The molecule has 2 aromatic carbocycles. The molecule has 0 aliphatic rings. The van der Waals surface area contributed by atoms with E-state index in [0.717, 1.165) is 0 Å². The van der Waals surface area contributed by atoms with Gasteiger partial charge in [0.1, 0.15) is 11.6 Å². The summed E-state index contributed by atoms with van der Waals surface area (Å²) in [6.45, 7) is 0. The van der Waals surface area contributed by atoms with Gasteiger partial charge in [-0.3, -0.25) is 10.1 Å². The predicted molar refractivity (Wildman–Crippen MR) is 76.5 cm³/mol. The molecule has 0 saturated heterocycles. The summed E-state index contributed by atoms with van der Waals surface area (Å²) >= 11 is 4.96. The number of anilines is 1. The second-order valence-corrected chi connectivity index (χ2v) is 4.33. The molecule has 2 aromatic rings. The van der Waals surface area contributed by atoms with Crippen molar-refractivity contribution in [3.05, 3.63) is 65.7 Å². The first-order chi connectivity index (χ1) is 9.54. The zero-order valence-corrected chi connectivity index (χ0v) is 11.0. The first-order valence-electron chi connectivity index (χ1n) is 5.68. The molecule has 0 spiro atoms. The van der Waals surface area contributed by atoms with Crippen LogP contribution >= 0.6 is 12.2 Å². The largest absolute Gasteiger partial charge is 0.332 e. The second-order valence-electron chi connectivity index (χ2n) is 3.92. The van der Waals surface area contributed by atoms with Gasteiger partial charge in [-0.15, -0.1) is 0 Å². The summed E-state index contributed by atoms with van der Waals surface area (Å²) < 4.78 is 25.5. The summed E-state index contributed by atoms with van der Waals surface area (Å²) in [6.07, 6.45) is 0. The van der Waals surface area contributed by atoms with Crippen molar-refractivity contribution in [3.63, 3.8) is 0 Å². The van der Waals surface area contributed by atoms with Crippen LogP contribution in [0.15, 0.2) is 48.5 Å². The highest BCUT2D eigenvalue weighted by Gasteiger charge is 2.07. The fraction of sp³-hybridized carbons (Fsp3) is 0.